The Labute approximate surface area is 114 Å². The van der Waals surface area contributed by atoms with Gasteiger partial charge in [-0.15, -0.1) is 5.10 Å². The zero-order chi connectivity index (χ0) is 15.3. The lowest BCUT2D eigenvalue weighted by Gasteiger charge is -2.13. The van der Waals surface area contributed by atoms with Crippen molar-refractivity contribution in [1.29, 1.82) is 0 Å². The summed E-state index contributed by atoms with van der Waals surface area (Å²) in [6, 6.07) is -1.56. The molecule has 3 amide bonds. The Morgan fingerprint density at radius 2 is 2.10 bits per heavy atom. The maximum atomic E-state index is 11.8. The van der Waals surface area contributed by atoms with Crippen LogP contribution in [0.4, 0.5) is 4.79 Å². The molecule has 0 radical (unpaired) electrons. The predicted molar refractivity (Wildman–Crippen MR) is 66.8 cm³/mol. The fraction of sp³-hybridized carbons (Fsp3) is 0.500. The van der Waals surface area contributed by atoms with Crippen LogP contribution in [0.1, 0.15) is 36.1 Å². The maximum Gasteiger partial charge on any atom is 0.358 e. The molecule has 10 nitrogen and oxygen atoms in total. The summed E-state index contributed by atoms with van der Waals surface area (Å²) in [6.45, 7) is 3.38. The van der Waals surface area contributed by atoms with Gasteiger partial charge >= 0.3 is 12.0 Å². The molecule has 1 atom stereocenters. The van der Waals surface area contributed by atoms with Crippen LogP contribution in [0.2, 0.25) is 0 Å². The van der Waals surface area contributed by atoms with E-state index >= 15 is 0 Å². The van der Waals surface area contributed by atoms with Crippen LogP contribution in [0.15, 0.2) is 0 Å². The van der Waals surface area contributed by atoms with Gasteiger partial charge in [0.05, 0.1) is 5.69 Å². The van der Waals surface area contributed by atoms with Crippen molar-refractivity contribution >= 4 is 17.9 Å². The molecule has 1 heterocycles. The smallest absolute Gasteiger partial charge is 0.358 e. The minimum Gasteiger partial charge on any atom is -0.476 e. The van der Waals surface area contributed by atoms with Gasteiger partial charge < -0.3 is 16.2 Å². The van der Waals surface area contributed by atoms with Crippen molar-refractivity contribution < 1.29 is 19.5 Å². The summed E-state index contributed by atoms with van der Waals surface area (Å²) in [6.07, 6.45) is 0. The summed E-state index contributed by atoms with van der Waals surface area (Å²) in [7, 11) is 0. The van der Waals surface area contributed by atoms with Crippen LogP contribution in [0.5, 0.6) is 0 Å². The van der Waals surface area contributed by atoms with Gasteiger partial charge in [-0.05, 0) is 13.8 Å². The number of nitrogens with zero attached hydrogens (tertiary/aromatic N) is 3. The Kier molecular flexibility index (Phi) is 5.15. The summed E-state index contributed by atoms with van der Waals surface area (Å²) < 4.78 is 1.08. The number of hydrogen-bond acceptors (Lipinski definition) is 6. The molecule has 110 valence electrons. The van der Waals surface area contributed by atoms with Gasteiger partial charge in [-0.1, -0.05) is 5.21 Å². The highest BCUT2D eigenvalue weighted by molar-refractivity contribution is 5.96. The number of rotatable bonds is 5. The second kappa shape index (κ2) is 6.61. The Morgan fingerprint density at radius 3 is 2.60 bits per heavy atom. The molecule has 1 aromatic heterocycles. The first kappa shape index (κ1) is 15.6. The van der Waals surface area contributed by atoms with Gasteiger partial charge in [0.15, 0.2) is 5.69 Å². The molecular formula is C10H16N6O4. The van der Waals surface area contributed by atoms with Gasteiger partial charge in [-0.25, -0.2) is 14.3 Å². The van der Waals surface area contributed by atoms with Crippen molar-refractivity contribution in [3.05, 3.63) is 11.4 Å². The summed E-state index contributed by atoms with van der Waals surface area (Å²) in [5.41, 5.74) is 5.24. The molecule has 0 saturated carbocycles. The van der Waals surface area contributed by atoms with Gasteiger partial charge in [-0.3, -0.25) is 10.1 Å². The molecular weight excluding hydrogens is 268 g/mol. The van der Waals surface area contributed by atoms with Crippen LogP contribution in [0.25, 0.3) is 0 Å². The molecule has 5 N–H and O–H groups in total. The van der Waals surface area contributed by atoms with E-state index < -0.39 is 23.9 Å². The van der Waals surface area contributed by atoms with E-state index in [4.69, 9.17) is 10.8 Å². The lowest BCUT2D eigenvalue weighted by atomic mass is 10.2. The normalized spacial score (nSPS) is 11.8. The minimum absolute atomic E-state index is 0.107. The molecule has 1 aromatic rings. The standard InChI is InChI=1S/C10H16N6O4/c1-3-12-10(20)13-8(17)5(2)16-6(4-11)7(9(18)19)14-15-16/h5H,3-4,11H2,1-2H3,(H,18,19)(H2,12,13,17,20). The van der Waals surface area contributed by atoms with E-state index in [1.54, 1.807) is 6.92 Å². The first-order chi connectivity index (χ1) is 9.42. The van der Waals surface area contributed by atoms with E-state index in [0.717, 1.165) is 4.68 Å². The van der Waals surface area contributed by atoms with E-state index in [0.29, 0.717) is 6.54 Å². The van der Waals surface area contributed by atoms with Crippen molar-refractivity contribution in [2.75, 3.05) is 6.54 Å². The number of imide groups is 1. The number of hydrogen-bond donors (Lipinski definition) is 4. The number of carboxylic acids is 1. The number of amides is 3. The number of aromatic nitrogens is 3. The third kappa shape index (κ3) is 3.29. The third-order valence-corrected chi connectivity index (χ3v) is 2.51. The first-order valence-electron chi connectivity index (χ1n) is 5.88. The highest BCUT2D eigenvalue weighted by Crippen LogP contribution is 2.12. The molecule has 1 unspecified atom stereocenters. The van der Waals surface area contributed by atoms with Crippen molar-refractivity contribution in [2.45, 2.75) is 26.4 Å². The molecule has 0 spiro atoms. The summed E-state index contributed by atoms with van der Waals surface area (Å²) in [5.74, 6) is -1.93. The van der Waals surface area contributed by atoms with Crippen molar-refractivity contribution in [1.82, 2.24) is 25.6 Å². The van der Waals surface area contributed by atoms with E-state index in [-0.39, 0.29) is 17.9 Å². The molecule has 0 saturated heterocycles. The lowest BCUT2D eigenvalue weighted by Crippen LogP contribution is -2.42. The Morgan fingerprint density at radius 1 is 1.45 bits per heavy atom. The maximum absolute atomic E-state index is 11.8. The van der Waals surface area contributed by atoms with Gasteiger partial charge in [0.1, 0.15) is 6.04 Å². The second-order valence-electron chi connectivity index (χ2n) is 3.86. The highest BCUT2D eigenvalue weighted by Gasteiger charge is 2.25. The molecule has 0 bridgehead atoms. The molecule has 0 aliphatic rings. The molecule has 1 rings (SSSR count). The van der Waals surface area contributed by atoms with Crippen LogP contribution in [-0.4, -0.2) is 44.6 Å². The number of urea groups is 1. The number of carboxylic acid groups (broad SMARTS) is 1. The molecule has 0 fully saturated rings. The van der Waals surface area contributed by atoms with Crippen LogP contribution in [-0.2, 0) is 11.3 Å². The number of carbonyl (C=O) groups excluding carboxylic acids is 2. The zero-order valence-corrected chi connectivity index (χ0v) is 11.1. The monoisotopic (exact) mass is 284 g/mol. The van der Waals surface area contributed by atoms with Gasteiger partial charge in [0.25, 0.3) is 5.91 Å². The SMILES string of the molecule is CCNC(=O)NC(=O)C(C)n1nnc(C(=O)O)c1CN. The molecule has 0 aliphatic heterocycles. The Hall–Kier alpha value is -2.49. The van der Waals surface area contributed by atoms with Crippen LogP contribution in [0, 0.1) is 0 Å². The van der Waals surface area contributed by atoms with Crippen LogP contribution >= 0.6 is 0 Å². The minimum atomic E-state index is -1.28. The first-order valence-corrected chi connectivity index (χ1v) is 5.88. The Bertz CT molecular complexity index is 526. The molecule has 10 heteroatoms. The number of nitrogens with two attached hydrogens (primary N) is 1. The fourth-order valence-electron chi connectivity index (χ4n) is 1.51. The average Bonchev–Trinajstić information content (AvgIpc) is 2.81. The van der Waals surface area contributed by atoms with Gasteiger partial charge in [0.2, 0.25) is 0 Å². The zero-order valence-electron chi connectivity index (χ0n) is 11.1. The summed E-state index contributed by atoms with van der Waals surface area (Å²) >= 11 is 0. The van der Waals surface area contributed by atoms with E-state index in [1.165, 1.54) is 6.92 Å². The molecule has 20 heavy (non-hydrogen) atoms. The third-order valence-electron chi connectivity index (χ3n) is 2.51. The van der Waals surface area contributed by atoms with Gasteiger partial charge in [-0.2, -0.15) is 0 Å². The molecule has 0 aliphatic carbocycles. The van der Waals surface area contributed by atoms with E-state index in [1.807, 2.05) is 0 Å². The van der Waals surface area contributed by atoms with E-state index in [9.17, 15) is 14.4 Å². The van der Waals surface area contributed by atoms with Crippen molar-refractivity contribution in [3.8, 4) is 0 Å². The predicted octanol–water partition coefficient (Wildman–Crippen LogP) is -1.16. The number of carbonyl (C=O) groups is 3. The van der Waals surface area contributed by atoms with Crippen LogP contribution in [0.3, 0.4) is 0 Å². The largest absolute Gasteiger partial charge is 0.476 e. The summed E-state index contributed by atoms with van der Waals surface area (Å²) in [5, 5.41) is 20.5. The number of aromatic carboxylic acids is 1. The van der Waals surface area contributed by atoms with Gasteiger partial charge in [0, 0.05) is 13.1 Å². The fourth-order valence-corrected chi connectivity index (χ4v) is 1.51. The second-order valence-corrected chi connectivity index (χ2v) is 3.86. The van der Waals surface area contributed by atoms with E-state index in [2.05, 4.69) is 20.9 Å². The number of nitrogens with one attached hydrogen (secondary N) is 2. The Balaban J connectivity index is 2.92. The highest BCUT2D eigenvalue weighted by atomic mass is 16.4. The van der Waals surface area contributed by atoms with Crippen LogP contribution < -0.4 is 16.4 Å². The van der Waals surface area contributed by atoms with Crippen molar-refractivity contribution in [3.63, 3.8) is 0 Å². The van der Waals surface area contributed by atoms with Crippen molar-refractivity contribution in [2.24, 2.45) is 5.73 Å². The summed E-state index contributed by atoms with van der Waals surface area (Å²) in [4.78, 5) is 34.0. The quantitative estimate of drug-likeness (QED) is 0.532. The topological polar surface area (TPSA) is 152 Å². The average molecular weight is 284 g/mol. The molecule has 0 aromatic carbocycles. The lowest BCUT2D eigenvalue weighted by molar-refractivity contribution is -0.123.